The molecule has 2 fully saturated rings. The van der Waals surface area contributed by atoms with Crippen LogP contribution in [0.4, 0.5) is 5.82 Å². The Kier molecular flexibility index (Phi) is 2.54. The first-order valence-electron chi connectivity index (χ1n) is 6.59. The number of nitrogens with zero attached hydrogens (tertiary/aromatic N) is 4. The lowest BCUT2D eigenvalue weighted by molar-refractivity contribution is 0.742. The number of nitrogens with two attached hydrogens (primary N) is 1. The van der Waals surface area contributed by atoms with Gasteiger partial charge >= 0.3 is 0 Å². The Morgan fingerprint density at radius 1 is 1.21 bits per heavy atom. The predicted molar refractivity (Wildman–Crippen MR) is 80.6 cm³/mol. The molecule has 0 amide bonds. The van der Waals surface area contributed by atoms with Gasteiger partial charge in [-0.2, -0.15) is 0 Å². The quantitative estimate of drug-likeness (QED) is 0.847. The summed E-state index contributed by atoms with van der Waals surface area (Å²) in [6, 6.07) is 0.575. The summed E-state index contributed by atoms with van der Waals surface area (Å²) in [4.78, 5) is 13.4. The predicted octanol–water partition coefficient (Wildman–Crippen LogP) is 2.74. The van der Waals surface area contributed by atoms with Gasteiger partial charge in [-0.25, -0.2) is 15.0 Å². The topological polar surface area (TPSA) is 69.6 Å². The first-order valence-corrected chi connectivity index (χ1v) is 7.67. The van der Waals surface area contributed by atoms with E-state index in [1.165, 1.54) is 25.7 Å². The fraction of sp³-hybridized carbons (Fsp3) is 0.462. The highest BCUT2D eigenvalue weighted by atomic mass is 127. The van der Waals surface area contributed by atoms with E-state index in [9.17, 15) is 0 Å². The molecule has 0 bridgehead atoms. The van der Waals surface area contributed by atoms with Gasteiger partial charge in [-0.3, -0.25) is 0 Å². The number of nitrogen functional groups attached to an aromatic ring is 1. The number of hydrogen-bond acceptors (Lipinski definition) is 4. The summed E-state index contributed by atoms with van der Waals surface area (Å²) < 4.78 is 3.19. The Morgan fingerprint density at radius 2 is 2.00 bits per heavy atom. The summed E-state index contributed by atoms with van der Waals surface area (Å²) in [5, 5.41) is 0. The van der Waals surface area contributed by atoms with E-state index < -0.39 is 0 Å². The summed E-state index contributed by atoms with van der Waals surface area (Å²) in [6.07, 6.45) is 8.59. The Bertz CT molecular complexity index is 642. The smallest absolute Gasteiger partial charge is 0.180 e. The van der Waals surface area contributed by atoms with E-state index >= 15 is 0 Å². The monoisotopic (exact) mass is 367 g/mol. The lowest BCUT2D eigenvalue weighted by Crippen LogP contribution is -2.06. The molecule has 2 N–H and O–H groups in total. The molecule has 98 valence electrons. The van der Waals surface area contributed by atoms with Crippen molar-refractivity contribution >= 4 is 28.4 Å². The number of imidazole rings is 1. The molecule has 0 aromatic carbocycles. The van der Waals surface area contributed by atoms with Crippen molar-refractivity contribution in [3.8, 4) is 11.5 Å². The van der Waals surface area contributed by atoms with Crippen molar-refractivity contribution in [2.45, 2.75) is 37.6 Å². The highest BCUT2D eigenvalue weighted by molar-refractivity contribution is 14.1. The van der Waals surface area contributed by atoms with Crippen molar-refractivity contribution in [1.82, 2.24) is 19.5 Å². The van der Waals surface area contributed by atoms with Crippen molar-refractivity contribution in [3.05, 3.63) is 21.8 Å². The third-order valence-corrected chi connectivity index (χ3v) is 4.81. The third-order valence-electron chi connectivity index (χ3n) is 3.70. The molecule has 2 heterocycles. The van der Waals surface area contributed by atoms with Crippen LogP contribution in [0.1, 0.15) is 43.3 Å². The van der Waals surface area contributed by atoms with Crippen LogP contribution >= 0.6 is 22.6 Å². The molecule has 0 spiro atoms. The molecule has 2 aliphatic carbocycles. The number of aromatic nitrogens is 4. The maximum Gasteiger partial charge on any atom is 0.180 e. The number of rotatable bonds is 3. The minimum Gasteiger partial charge on any atom is -0.383 e. The molecular weight excluding hydrogens is 353 g/mol. The van der Waals surface area contributed by atoms with Gasteiger partial charge in [-0.1, -0.05) is 0 Å². The van der Waals surface area contributed by atoms with Crippen LogP contribution in [0.25, 0.3) is 11.5 Å². The zero-order chi connectivity index (χ0) is 13.0. The second-order valence-electron chi connectivity index (χ2n) is 5.32. The minimum absolute atomic E-state index is 0.575. The van der Waals surface area contributed by atoms with Gasteiger partial charge in [0.15, 0.2) is 5.82 Å². The maximum atomic E-state index is 6.05. The maximum absolute atomic E-state index is 6.05. The van der Waals surface area contributed by atoms with Crippen molar-refractivity contribution in [3.63, 3.8) is 0 Å². The molecule has 0 unspecified atom stereocenters. The summed E-state index contributed by atoms with van der Waals surface area (Å²) in [6.45, 7) is 0. The second-order valence-corrected chi connectivity index (χ2v) is 6.40. The lowest BCUT2D eigenvalue weighted by Gasteiger charge is -2.10. The standard InChI is InChI=1S/C13H14IN5/c14-10-11(7-1-2-7)17-13(18-12(10)15)9-5-16-6-19(9)8-3-4-8/h5-8H,1-4H2,(H2,15,17,18). The van der Waals surface area contributed by atoms with Crippen LogP contribution in [0.15, 0.2) is 12.5 Å². The van der Waals surface area contributed by atoms with E-state index in [0.29, 0.717) is 17.8 Å². The lowest BCUT2D eigenvalue weighted by atomic mass is 10.2. The molecule has 2 aliphatic rings. The number of anilines is 1. The molecule has 2 aromatic rings. The molecule has 19 heavy (non-hydrogen) atoms. The van der Waals surface area contributed by atoms with Gasteiger partial charge < -0.3 is 10.3 Å². The molecule has 0 atom stereocenters. The molecular formula is C13H14IN5. The molecule has 2 aromatic heterocycles. The fourth-order valence-corrected chi connectivity index (χ4v) is 3.03. The Balaban J connectivity index is 1.83. The molecule has 0 radical (unpaired) electrons. The van der Waals surface area contributed by atoms with Gasteiger partial charge in [0.1, 0.15) is 11.5 Å². The average molecular weight is 367 g/mol. The number of halogens is 1. The van der Waals surface area contributed by atoms with Crippen LogP contribution in [0.5, 0.6) is 0 Å². The van der Waals surface area contributed by atoms with Crippen LogP contribution in [-0.4, -0.2) is 19.5 Å². The SMILES string of the molecule is Nc1nc(-c2cncn2C2CC2)nc(C2CC2)c1I. The zero-order valence-corrected chi connectivity index (χ0v) is 12.5. The van der Waals surface area contributed by atoms with E-state index in [4.69, 9.17) is 10.7 Å². The Labute approximate surface area is 124 Å². The van der Waals surface area contributed by atoms with Crippen molar-refractivity contribution in [2.24, 2.45) is 0 Å². The van der Waals surface area contributed by atoms with Crippen molar-refractivity contribution in [2.75, 3.05) is 5.73 Å². The third kappa shape index (κ3) is 2.01. The van der Waals surface area contributed by atoms with Gasteiger partial charge in [-0.15, -0.1) is 0 Å². The first kappa shape index (κ1) is 11.6. The molecule has 0 aliphatic heterocycles. The molecule has 4 rings (SSSR count). The van der Waals surface area contributed by atoms with E-state index in [0.717, 1.165) is 20.8 Å². The van der Waals surface area contributed by atoms with E-state index in [2.05, 4.69) is 37.1 Å². The summed E-state index contributed by atoms with van der Waals surface area (Å²) in [7, 11) is 0. The van der Waals surface area contributed by atoms with E-state index in [1.807, 2.05) is 12.5 Å². The van der Waals surface area contributed by atoms with Crippen LogP contribution in [0, 0.1) is 3.57 Å². The summed E-state index contributed by atoms with van der Waals surface area (Å²) >= 11 is 2.26. The summed E-state index contributed by atoms with van der Waals surface area (Å²) in [5.41, 5.74) is 8.16. The van der Waals surface area contributed by atoms with E-state index in [-0.39, 0.29) is 0 Å². The fourth-order valence-electron chi connectivity index (χ4n) is 2.35. The van der Waals surface area contributed by atoms with Gasteiger partial charge in [0.25, 0.3) is 0 Å². The zero-order valence-electron chi connectivity index (χ0n) is 10.4. The minimum atomic E-state index is 0.575. The molecule has 5 nitrogen and oxygen atoms in total. The van der Waals surface area contributed by atoms with Gasteiger partial charge in [0.2, 0.25) is 0 Å². The van der Waals surface area contributed by atoms with Crippen LogP contribution < -0.4 is 5.73 Å². The van der Waals surface area contributed by atoms with Crippen LogP contribution in [-0.2, 0) is 0 Å². The second kappa shape index (κ2) is 4.16. The van der Waals surface area contributed by atoms with Crippen molar-refractivity contribution < 1.29 is 0 Å². The molecule has 2 saturated carbocycles. The largest absolute Gasteiger partial charge is 0.383 e. The van der Waals surface area contributed by atoms with Crippen molar-refractivity contribution in [1.29, 1.82) is 0 Å². The average Bonchev–Trinajstić information content (AvgIpc) is 3.32. The Morgan fingerprint density at radius 3 is 2.68 bits per heavy atom. The molecule has 0 saturated heterocycles. The number of hydrogen-bond donors (Lipinski definition) is 1. The van der Waals surface area contributed by atoms with Crippen LogP contribution in [0.3, 0.4) is 0 Å². The van der Waals surface area contributed by atoms with Gasteiger partial charge in [0, 0.05) is 12.0 Å². The Hall–Kier alpha value is -1.18. The van der Waals surface area contributed by atoms with E-state index in [1.54, 1.807) is 0 Å². The summed E-state index contributed by atoms with van der Waals surface area (Å²) in [5.74, 6) is 1.90. The van der Waals surface area contributed by atoms with Gasteiger partial charge in [-0.05, 0) is 48.3 Å². The highest BCUT2D eigenvalue weighted by Gasteiger charge is 2.31. The highest BCUT2D eigenvalue weighted by Crippen LogP contribution is 2.43. The molecule has 6 heteroatoms. The van der Waals surface area contributed by atoms with Gasteiger partial charge in [0.05, 0.1) is 21.8 Å². The first-order chi connectivity index (χ1) is 9.24. The van der Waals surface area contributed by atoms with Crippen LogP contribution in [0.2, 0.25) is 0 Å². The normalized spacial score (nSPS) is 18.8.